The van der Waals surface area contributed by atoms with Crippen molar-refractivity contribution in [3.05, 3.63) is 94.9 Å². The summed E-state index contributed by atoms with van der Waals surface area (Å²) in [6.45, 7) is 4.47. The van der Waals surface area contributed by atoms with E-state index >= 15 is 0 Å². The van der Waals surface area contributed by atoms with Crippen LogP contribution in [0.2, 0.25) is 0 Å². The van der Waals surface area contributed by atoms with Gasteiger partial charge in [-0.1, -0.05) is 72.5 Å². The number of carbonyl (C=O) groups is 2. The number of carbonyl (C=O) groups excluding carboxylic acids is 2. The summed E-state index contributed by atoms with van der Waals surface area (Å²) in [5, 5.41) is 3.22. The molecule has 1 atom stereocenters. The number of nitrogens with one attached hydrogen (secondary N) is 1. The Kier molecular flexibility index (Phi) is 7.28. The zero-order valence-corrected chi connectivity index (χ0v) is 19.4. The van der Waals surface area contributed by atoms with Gasteiger partial charge in [-0.15, -0.1) is 0 Å². The molecule has 2 aromatic carbocycles. The third kappa shape index (κ3) is 5.72. The van der Waals surface area contributed by atoms with E-state index in [1.807, 2.05) is 37.3 Å². The monoisotopic (exact) mass is 444 g/mol. The molecule has 0 radical (unpaired) electrons. The van der Waals surface area contributed by atoms with Crippen LogP contribution in [0.5, 0.6) is 0 Å². The molecule has 0 aliphatic heterocycles. The van der Waals surface area contributed by atoms with Crippen molar-refractivity contribution >= 4 is 11.8 Å². The molecule has 1 aromatic heterocycles. The molecule has 2 amide bonds. The normalized spacial score (nSPS) is 14.7. The summed E-state index contributed by atoms with van der Waals surface area (Å²) in [5.74, 6) is -0.167. The summed E-state index contributed by atoms with van der Waals surface area (Å²) in [6.07, 6.45) is 6.37. The minimum atomic E-state index is -0.728. The van der Waals surface area contributed by atoms with Crippen LogP contribution in [0.25, 0.3) is 0 Å². The first-order valence-electron chi connectivity index (χ1n) is 11.8. The van der Waals surface area contributed by atoms with E-state index in [4.69, 9.17) is 4.42 Å². The van der Waals surface area contributed by atoms with E-state index < -0.39 is 6.04 Å². The van der Waals surface area contributed by atoms with Crippen LogP contribution in [0, 0.1) is 13.8 Å². The summed E-state index contributed by atoms with van der Waals surface area (Å²) < 4.78 is 5.44. The maximum Gasteiger partial charge on any atom is 0.290 e. The van der Waals surface area contributed by atoms with Gasteiger partial charge in [0.05, 0.1) is 6.26 Å². The maximum atomic E-state index is 13.6. The molecule has 5 nitrogen and oxygen atoms in total. The third-order valence-electron chi connectivity index (χ3n) is 6.37. The largest absolute Gasteiger partial charge is 0.459 e. The Morgan fingerprint density at radius 1 is 1.00 bits per heavy atom. The van der Waals surface area contributed by atoms with Crippen LogP contribution < -0.4 is 5.32 Å². The lowest BCUT2D eigenvalue weighted by Gasteiger charge is -2.32. The van der Waals surface area contributed by atoms with E-state index in [1.54, 1.807) is 17.0 Å². The molecule has 3 aromatic rings. The van der Waals surface area contributed by atoms with Crippen LogP contribution in [0.1, 0.15) is 64.5 Å². The molecule has 4 rings (SSSR count). The summed E-state index contributed by atoms with van der Waals surface area (Å²) in [6, 6.07) is 18.9. The van der Waals surface area contributed by atoms with Crippen LogP contribution >= 0.6 is 0 Å². The second-order valence-electron chi connectivity index (χ2n) is 9.02. The van der Waals surface area contributed by atoms with Crippen molar-refractivity contribution in [2.24, 2.45) is 0 Å². The van der Waals surface area contributed by atoms with Gasteiger partial charge < -0.3 is 14.6 Å². The molecule has 33 heavy (non-hydrogen) atoms. The van der Waals surface area contributed by atoms with Crippen LogP contribution in [0.4, 0.5) is 0 Å². The van der Waals surface area contributed by atoms with Gasteiger partial charge in [0, 0.05) is 12.6 Å². The zero-order valence-electron chi connectivity index (χ0n) is 19.4. The van der Waals surface area contributed by atoms with E-state index in [0.717, 1.165) is 42.4 Å². The van der Waals surface area contributed by atoms with Crippen molar-refractivity contribution in [3.8, 4) is 0 Å². The fourth-order valence-electron chi connectivity index (χ4n) is 4.58. The highest BCUT2D eigenvalue weighted by Gasteiger charge is 2.34. The van der Waals surface area contributed by atoms with E-state index in [1.165, 1.54) is 11.8 Å². The van der Waals surface area contributed by atoms with Crippen molar-refractivity contribution in [3.63, 3.8) is 0 Å². The highest BCUT2D eigenvalue weighted by molar-refractivity contribution is 5.96. The molecule has 1 aliphatic carbocycles. The molecule has 1 unspecified atom stereocenters. The molecule has 0 saturated heterocycles. The Bertz CT molecular complexity index is 1070. The van der Waals surface area contributed by atoms with Gasteiger partial charge in [0.1, 0.15) is 6.04 Å². The standard InChI is InChI=1S/C28H32N2O3/c1-20-12-14-23(15-13-20)26(27(31)29-24-9-3-4-10-24)30(28(32)25-11-6-18-33-25)17-16-22-8-5-7-21(2)19-22/h5-8,11-15,18-19,24,26H,3-4,9-10,16-17H2,1-2H3,(H,29,31). The molecule has 0 bridgehead atoms. The van der Waals surface area contributed by atoms with Gasteiger partial charge in [-0.25, -0.2) is 0 Å². The topological polar surface area (TPSA) is 62.6 Å². The predicted molar refractivity (Wildman–Crippen MR) is 129 cm³/mol. The molecular weight excluding hydrogens is 412 g/mol. The lowest BCUT2D eigenvalue weighted by Crippen LogP contribution is -2.46. The Morgan fingerprint density at radius 2 is 1.76 bits per heavy atom. The van der Waals surface area contributed by atoms with E-state index in [-0.39, 0.29) is 23.6 Å². The number of amides is 2. The lowest BCUT2D eigenvalue weighted by molar-refractivity contribution is -0.126. The van der Waals surface area contributed by atoms with Gasteiger partial charge in [0.15, 0.2) is 5.76 Å². The molecule has 0 spiro atoms. The number of aryl methyl sites for hydroxylation is 2. The predicted octanol–water partition coefficient (Wildman–Crippen LogP) is 5.38. The van der Waals surface area contributed by atoms with Gasteiger partial charge >= 0.3 is 0 Å². The fourth-order valence-corrected chi connectivity index (χ4v) is 4.58. The highest BCUT2D eigenvalue weighted by atomic mass is 16.3. The Labute approximate surface area is 195 Å². The molecular formula is C28H32N2O3. The summed E-state index contributed by atoms with van der Waals surface area (Å²) >= 11 is 0. The van der Waals surface area contributed by atoms with E-state index in [9.17, 15) is 9.59 Å². The van der Waals surface area contributed by atoms with E-state index in [0.29, 0.717) is 13.0 Å². The van der Waals surface area contributed by atoms with Crippen LogP contribution in [0.3, 0.4) is 0 Å². The van der Waals surface area contributed by atoms with Gasteiger partial charge in [-0.3, -0.25) is 9.59 Å². The molecule has 1 heterocycles. The van der Waals surface area contributed by atoms with Gasteiger partial charge in [0.2, 0.25) is 5.91 Å². The maximum absolute atomic E-state index is 13.6. The Hall–Kier alpha value is -3.34. The Balaban J connectivity index is 1.67. The summed E-state index contributed by atoms with van der Waals surface area (Å²) in [7, 11) is 0. The smallest absolute Gasteiger partial charge is 0.290 e. The van der Waals surface area contributed by atoms with Gasteiger partial charge in [-0.05, 0) is 56.4 Å². The third-order valence-corrected chi connectivity index (χ3v) is 6.37. The summed E-state index contributed by atoms with van der Waals surface area (Å²) in [4.78, 5) is 28.9. The van der Waals surface area contributed by atoms with Gasteiger partial charge in [0.25, 0.3) is 5.91 Å². The first kappa shape index (κ1) is 22.8. The van der Waals surface area contributed by atoms with Crippen LogP contribution in [-0.4, -0.2) is 29.3 Å². The quantitative estimate of drug-likeness (QED) is 0.507. The van der Waals surface area contributed by atoms with Crippen LogP contribution in [0.15, 0.2) is 71.3 Å². The molecule has 1 saturated carbocycles. The van der Waals surface area contributed by atoms with Crippen molar-refractivity contribution in [2.75, 3.05) is 6.54 Å². The first-order chi connectivity index (χ1) is 16.0. The average Bonchev–Trinajstić information content (AvgIpc) is 3.52. The minimum absolute atomic E-state index is 0.130. The lowest BCUT2D eigenvalue weighted by atomic mass is 10.0. The molecule has 1 fully saturated rings. The zero-order chi connectivity index (χ0) is 23.2. The van der Waals surface area contributed by atoms with Crippen molar-refractivity contribution in [2.45, 2.75) is 58.0 Å². The van der Waals surface area contributed by atoms with E-state index in [2.05, 4.69) is 30.4 Å². The number of rotatable bonds is 8. The number of benzene rings is 2. The minimum Gasteiger partial charge on any atom is -0.459 e. The average molecular weight is 445 g/mol. The fraction of sp³-hybridized carbons (Fsp3) is 0.357. The number of hydrogen-bond donors (Lipinski definition) is 1. The van der Waals surface area contributed by atoms with Crippen molar-refractivity contribution in [1.82, 2.24) is 10.2 Å². The summed E-state index contributed by atoms with van der Waals surface area (Å²) in [5.41, 5.74) is 4.22. The SMILES string of the molecule is Cc1ccc(C(C(=O)NC2CCCC2)N(CCc2cccc(C)c2)C(=O)c2ccco2)cc1. The molecule has 5 heteroatoms. The molecule has 1 N–H and O–H groups in total. The number of hydrogen-bond acceptors (Lipinski definition) is 3. The Morgan fingerprint density at radius 3 is 2.42 bits per heavy atom. The molecule has 172 valence electrons. The van der Waals surface area contributed by atoms with Crippen LogP contribution in [-0.2, 0) is 11.2 Å². The molecule has 1 aliphatic rings. The number of nitrogens with zero attached hydrogens (tertiary/aromatic N) is 1. The second kappa shape index (κ2) is 10.5. The van der Waals surface area contributed by atoms with Gasteiger partial charge in [-0.2, -0.15) is 0 Å². The van der Waals surface area contributed by atoms with Crippen molar-refractivity contribution in [1.29, 1.82) is 0 Å². The first-order valence-corrected chi connectivity index (χ1v) is 11.8. The van der Waals surface area contributed by atoms with Crippen molar-refractivity contribution < 1.29 is 14.0 Å². The highest BCUT2D eigenvalue weighted by Crippen LogP contribution is 2.27. The second-order valence-corrected chi connectivity index (χ2v) is 9.02. The number of furan rings is 1.